The van der Waals surface area contributed by atoms with Gasteiger partial charge in [-0.1, -0.05) is 350 Å². The number of carbonyl (C=O) groups excluding carboxylic acids is 2. The van der Waals surface area contributed by atoms with Crippen LogP contribution >= 0.6 is 7.82 Å². The number of hydrogen-bond acceptors (Lipinski definition) is 8. The van der Waals surface area contributed by atoms with E-state index in [2.05, 4.69) is 208 Å². The minimum atomic E-state index is -4.66. The molecule has 0 aromatic rings. The molecule has 0 aromatic heterocycles. The second-order valence-electron chi connectivity index (χ2n) is 27.3. The van der Waals surface area contributed by atoms with Gasteiger partial charge in [0.15, 0.2) is 6.10 Å². The number of nitrogens with zero attached hydrogens (tertiary/aromatic N) is 1. The lowest BCUT2D eigenvalue weighted by Gasteiger charge is -2.28. The van der Waals surface area contributed by atoms with E-state index in [0.29, 0.717) is 17.4 Å². The fourth-order valence-corrected chi connectivity index (χ4v) is 11.3. The number of allylic oxidation sites excluding steroid dienone is 32. The molecule has 0 aliphatic carbocycles. The molecule has 0 radical (unpaired) electrons. The Labute approximate surface area is 615 Å². The number of ether oxygens (including phenoxy) is 2. The average Bonchev–Trinajstić information content (AvgIpc) is 1.30. The van der Waals surface area contributed by atoms with Gasteiger partial charge in [0.1, 0.15) is 19.8 Å². The van der Waals surface area contributed by atoms with Crippen LogP contribution in [0.2, 0.25) is 0 Å². The maximum absolute atomic E-state index is 12.9. The fraction of sp³-hybridized carbons (Fsp3) is 0.622. The van der Waals surface area contributed by atoms with Crippen LogP contribution in [0.25, 0.3) is 0 Å². The molecule has 0 rings (SSSR count). The van der Waals surface area contributed by atoms with Crippen molar-refractivity contribution >= 4 is 19.8 Å². The summed E-state index contributed by atoms with van der Waals surface area (Å²) in [5.74, 6) is -0.841. The van der Waals surface area contributed by atoms with Crippen LogP contribution in [0.1, 0.15) is 309 Å². The molecule has 0 saturated heterocycles. The molecule has 0 heterocycles. The second kappa shape index (κ2) is 78.0. The molecule has 0 saturated carbocycles. The van der Waals surface area contributed by atoms with E-state index in [9.17, 15) is 19.0 Å². The standard InChI is InChI=1S/C90H148NO8P/c1-6-8-10-12-14-16-18-20-22-24-26-28-30-32-34-36-38-40-42-43-44-45-46-47-49-51-53-55-57-59-61-63-65-67-69-71-73-75-77-79-81-83-90(93)99-88(87-98-100(94,95)97-85-84-91(3,4)5)86-96-89(92)82-80-78-76-74-72-70-68-66-64-62-60-58-56-54-52-50-48-41-39-37-35-33-31-29-27-25-23-21-19-17-15-13-11-9-7-2/h8-11,14-17,20-23,26-29,32-35,38-41,43-44,46-47,50,52,56,58,88H,6-7,12-13,18-19,24-25,30-31,36-37,42,45,48-49,51,53-55,57,59-87H2,1-5H3/b10-8-,11-9-,16-14-,17-15-,22-20-,23-21-,28-26-,29-27-,34-32-,35-33-,40-38-,41-39-,44-43-,47-46-,52-50-,58-56-. The quantitative estimate of drug-likeness (QED) is 0.0195. The third kappa shape index (κ3) is 81.8. The number of phosphoric ester groups is 1. The Morgan fingerprint density at radius 2 is 0.540 bits per heavy atom. The summed E-state index contributed by atoms with van der Waals surface area (Å²) in [5, 5.41) is 0. The predicted molar refractivity (Wildman–Crippen MR) is 433 cm³/mol. The summed E-state index contributed by atoms with van der Waals surface area (Å²) < 4.78 is 34.4. The minimum Gasteiger partial charge on any atom is -0.756 e. The van der Waals surface area contributed by atoms with Crippen LogP contribution in [0, 0.1) is 0 Å². The highest BCUT2D eigenvalue weighted by Gasteiger charge is 2.22. The Morgan fingerprint density at radius 1 is 0.310 bits per heavy atom. The van der Waals surface area contributed by atoms with Gasteiger partial charge in [-0.25, -0.2) is 0 Å². The summed E-state index contributed by atoms with van der Waals surface area (Å²) in [7, 11) is 1.15. The van der Waals surface area contributed by atoms with Gasteiger partial charge in [-0.05, 0) is 141 Å². The van der Waals surface area contributed by atoms with Gasteiger partial charge in [0.25, 0.3) is 7.82 Å². The molecular weight excluding hydrogens is 1250 g/mol. The first-order chi connectivity index (χ1) is 49.0. The Hall–Kier alpha value is -5.15. The molecule has 0 N–H and O–H groups in total. The van der Waals surface area contributed by atoms with Gasteiger partial charge in [-0.2, -0.15) is 0 Å². The zero-order valence-corrected chi connectivity index (χ0v) is 65.5. The van der Waals surface area contributed by atoms with E-state index in [1.54, 1.807) is 0 Å². The highest BCUT2D eigenvalue weighted by atomic mass is 31.2. The molecule has 0 spiro atoms. The Kier molecular flexibility index (Phi) is 74.0. The smallest absolute Gasteiger partial charge is 0.306 e. The molecule has 10 heteroatoms. The van der Waals surface area contributed by atoms with Crippen molar-refractivity contribution in [3.05, 3.63) is 194 Å². The van der Waals surface area contributed by atoms with E-state index in [1.165, 1.54) is 122 Å². The molecule has 0 aromatic carbocycles. The molecule has 566 valence electrons. The maximum Gasteiger partial charge on any atom is 0.306 e. The minimum absolute atomic E-state index is 0.0391. The number of hydrogen-bond donors (Lipinski definition) is 0. The van der Waals surface area contributed by atoms with Gasteiger partial charge in [0, 0.05) is 12.8 Å². The Bertz CT molecular complexity index is 2400. The van der Waals surface area contributed by atoms with Crippen LogP contribution in [0.15, 0.2) is 194 Å². The van der Waals surface area contributed by atoms with Crippen molar-refractivity contribution in [2.45, 2.75) is 315 Å². The fourth-order valence-electron chi connectivity index (χ4n) is 10.6. The lowest BCUT2D eigenvalue weighted by Crippen LogP contribution is -2.37. The van der Waals surface area contributed by atoms with E-state index in [0.717, 1.165) is 154 Å². The molecule has 0 bridgehead atoms. The van der Waals surface area contributed by atoms with Crippen LogP contribution in [0.5, 0.6) is 0 Å². The number of unbranched alkanes of at least 4 members (excludes halogenated alkanes) is 26. The predicted octanol–water partition coefficient (Wildman–Crippen LogP) is 26.5. The van der Waals surface area contributed by atoms with Crippen molar-refractivity contribution in [2.75, 3.05) is 47.5 Å². The summed E-state index contributed by atoms with van der Waals surface area (Å²) in [5.41, 5.74) is 0. The molecule has 2 atom stereocenters. The zero-order chi connectivity index (χ0) is 72.5. The maximum atomic E-state index is 12.9. The molecule has 0 fully saturated rings. The van der Waals surface area contributed by atoms with Crippen molar-refractivity contribution < 1.29 is 42.1 Å². The highest BCUT2D eigenvalue weighted by molar-refractivity contribution is 7.45. The lowest BCUT2D eigenvalue weighted by atomic mass is 10.0. The summed E-state index contributed by atoms with van der Waals surface area (Å²) in [6.07, 6.45) is 121. The Balaban J connectivity index is 4.04. The van der Waals surface area contributed by atoms with E-state index in [-0.39, 0.29) is 26.1 Å². The van der Waals surface area contributed by atoms with E-state index in [1.807, 2.05) is 21.1 Å². The first-order valence-corrected chi connectivity index (χ1v) is 41.6. The highest BCUT2D eigenvalue weighted by Crippen LogP contribution is 2.38. The summed E-state index contributed by atoms with van der Waals surface area (Å²) in [6, 6.07) is 0. The van der Waals surface area contributed by atoms with Crippen molar-refractivity contribution in [3.8, 4) is 0 Å². The first-order valence-electron chi connectivity index (χ1n) is 40.1. The van der Waals surface area contributed by atoms with Crippen LogP contribution < -0.4 is 4.89 Å². The molecule has 100 heavy (non-hydrogen) atoms. The van der Waals surface area contributed by atoms with E-state index in [4.69, 9.17) is 18.5 Å². The number of carbonyl (C=O) groups is 2. The number of phosphoric acid groups is 1. The first kappa shape index (κ1) is 94.8. The third-order valence-corrected chi connectivity index (χ3v) is 17.6. The normalized spacial score (nSPS) is 14.1. The average molecular weight is 1400 g/mol. The molecular formula is C90H148NO8P. The van der Waals surface area contributed by atoms with Gasteiger partial charge >= 0.3 is 11.9 Å². The van der Waals surface area contributed by atoms with Crippen molar-refractivity contribution in [3.63, 3.8) is 0 Å². The summed E-state index contributed by atoms with van der Waals surface area (Å²) in [4.78, 5) is 38.2. The SMILES string of the molecule is CC/C=C\C/C=C\C/C=C\C/C=C\C/C=C\C/C=C\C/C=C\C/C=C\CCCCCCCCCCCCCCCCCCC(=O)OC(COC(=O)CCCCCCCCCCCC/C=C\C/C=C\C/C=C\C/C=C\C/C=C\C/C=C\C/C=C\C/C=C\CC)COP(=O)([O-])OCC[N+](C)(C)C. The van der Waals surface area contributed by atoms with Crippen LogP contribution in [0.3, 0.4) is 0 Å². The lowest BCUT2D eigenvalue weighted by molar-refractivity contribution is -0.870. The Morgan fingerprint density at radius 3 is 0.800 bits per heavy atom. The van der Waals surface area contributed by atoms with Crippen LogP contribution in [-0.4, -0.2) is 70.0 Å². The largest absolute Gasteiger partial charge is 0.756 e. The summed E-state index contributed by atoms with van der Waals surface area (Å²) >= 11 is 0. The summed E-state index contributed by atoms with van der Waals surface area (Å²) in [6.45, 7) is 4.01. The number of rotatable bonds is 72. The van der Waals surface area contributed by atoms with Crippen LogP contribution in [-0.2, 0) is 32.7 Å². The third-order valence-electron chi connectivity index (χ3n) is 16.6. The van der Waals surface area contributed by atoms with Gasteiger partial charge in [-0.3, -0.25) is 14.2 Å². The number of likely N-dealkylation sites (N-methyl/N-ethyl adjacent to an activating group) is 1. The molecule has 2 unspecified atom stereocenters. The molecule has 0 aliphatic rings. The molecule has 0 aliphatic heterocycles. The van der Waals surface area contributed by atoms with E-state index >= 15 is 0 Å². The topological polar surface area (TPSA) is 111 Å². The van der Waals surface area contributed by atoms with Gasteiger partial charge in [0.05, 0.1) is 27.7 Å². The zero-order valence-electron chi connectivity index (χ0n) is 64.6. The van der Waals surface area contributed by atoms with Gasteiger partial charge in [-0.15, -0.1) is 0 Å². The second-order valence-corrected chi connectivity index (χ2v) is 28.7. The molecule has 0 amide bonds. The van der Waals surface area contributed by atoms with Crippen molar-refractivity contribution in [1.82, 2.24) is 0 Å². The van der Waals surface area contributed by atoms with Gasteiger partial charge < -0.3 is 27.9 Å². The van der Waals surface area contributed by atoms with E-state index < -0.39 is 32.5 Å². The van der Waals surface area contributed by atoms with Crippen LogP contribution in [0.4, 0.5) is 0 Å². The molecule has 9 nitrogen and oxygen atoms in total. The van der Waals surface area contributed by atoms with Crippen molar-refractivity contribution in [2.24, 2.45) is 0 Å². The van der Waals surface area contributed by atoms with Gasteiger partial charge in [0.2, 0.25) is 0 Å². The number of esters is 2. The number of quaternary nitrogens is 1. The van der Waals surface area contributed by atoms with Crippen molar-refractivity contribution in [1.29, 1.82) is 0 Å². The monoisotopic (exact) mass is 1400 g/mol.